The van der Waals surface area contributed by atoms with Crippen molar-refractivity contribution >= 4 is 11.9 Å². The predicted molar refractivity (Wildman–Crippen MR) is 109 cm³/mol. The van der Waals surface area contributed by atoms with Gasteiger partial charge in [-0.05, 0) is 33.8 Å². The molecule has 1 aliphatic rings. The second kappa shape index (κ2) is 8.11. The molecule has 0 bridgehead atoms. The maximum absolute atomic E-state index is 12.3. The van der Waals surface area contributed by atoms with Crippen LogP contribution in [0.25, 0.3) is 11.5 Å². The summed E-state index contributed by atoms with van der Waals surface area (Å²) >= 11 is 0. The van der Waals surface area contributed by atoms with E-state index in [1.807, 2.05) is 39.5 Å². The average Bonchev–Trinajstić information content (AvgIpc) is 3.15. The lowest BCUT2D eigenvalue weighted by Gasteiger charge is -2.36. The van der Waals surface area contributed by atoms with Crippen molar-refractivity contribution in [3.63, 3.8) is 0 Å². The van der Waals surface area contributed by atoms with E-state index >= 15 is 0 Å². The fourth-order valence-corrected chi connectivity index (χ4v) is 3.16. The minimum atomic E-state index is -0.520. The highest BCUT2D eigenvalue weighted by molar-refractivity contribution is 5.69. The smallest absolute Gasteiger partial charge is 0.410 e. The second-order valence-corrected chi connectivity index (χ2v) is 8.04. The lowest BCUT2D eigenvalue weighted by atomic mass is 10.1. The van der Waals surface area contributed by atoms with Crippen LogP contribution in [-0.2, 0) is 11.2 Å². The quantitative estimate of drug-likeness (QED) is 0.781. The summed E-state index contributed by atoms with van der Waals surface area (Å²) < 4.78 is 11.2. The Bertz CT molecular complexity index is 931. The molecule has 8 nitrogen and oxygen atoms in total. The zero-order chi connectivity index (χ0) is 21.2. The molecule has 2 aromatic rings. The largest absolute Gasteiger partial charge is 0.444 e. The van der Waals surface area contributed by atoms with Gasteiger partial charge in [0.1, 0.15) is 23.2 Å². The molecule has 1 saturated heterocycles. The Balaban J connectivity index is 1.77. The van der Waals surface area contributed by atoms with Crippen molar-refractivity contribution in [3.8, 4) is 17.5 Å². The average molecular weight is 397 g/mol. The standard InChI is InChI=1S/C21H27N5O3/c1-6-16-13-23-19(28-16)17-11-15(12-22)18(24-14(17)2)25-7-9-26(10-8-25)20(27)29-21(3,4)5/h11,13H,6-10H2,1-5H3. The first-order valence-corrected chi connectivity index (χ1v) is 9.81. The molecule has 1 aliphatic heterocycles. The van der Waals surface area contributed by atoms with E-state index in [-0.39, 0.29) is 6.09 Å². The van der Waals surface area contributed by atoms with Crippen LogP contribution in [0.15, 0.2) is 16.7 Å². The zero-order valence-electron chi connectivity index (χ0n) is 17.7. The summed E-state index contributed by atoms with van der Waals surface area (Å²) in [5.41, 5.74) is 1.41. The molecule has 29 heavy (non-hydrogen) atoms. The molecule has 154 valence electrons. The number of carbonyl (C=O) groups excluding carboxylic acids is 1. The van der Waals surface area contributed by atoms with Crippen LogP contribution in [-0.4, -0.2) is 52.7 Å². The Kier molecular flexibility index (Phi) is 5.78. The highest BCUT2D eigenvalue weighted by Crippen LogP contribution is 2.29. The van der Waals surface area contributed by atoms with Crippen LogP contribution in [0.4, 0.5) is 10.6 Å². The van der Waals surface area contributed by atoms with Gasteiger partial charge >= 0.3 is 6.09 Å². The number of anilines is 1. The maximum Gasteiger partial charge on any atom is 0.410 e. The molecular formula is C21H27N5O3. The third kappa shape index (κ3) is 4.67. The van der Waals surface area contributed by atoms with Gasteiger partial charge in [-0.25, -0.2) is 14.8 Å². The molecule has 0 atom stereocenters. The van der Waals surface area contributed by atoms with Gasteiger partial charge in [-0.3, -0.25) is 0 Å². The number of carbonyl (C=O) groups is 1. The van der Waals surface area contributed by atoms with Crippen LogP contribution in [0.1, 0.15) is 44.7 Å². The summed E-state index contributed by atoms with van der Waals surface area (Å²) in [5.74, 6) is 1.89. The van der Waals surface area contributed by atoms with E-state index in [4.69, 9.17) is 9.15 Å². The van der Waals surface area contributed by atoms with Crippen LogP contribution in [0, 0.1) is 18.3 Å². The van der Waals surface area contributed by atoms with Crippen LogP contribution in [0.5, 0.6) is 0 Å². The normalized spacial score (nSPS) is 14.6. The van der Waals surface area contributed by atoms with Gasteiger partial charge in [0.2, 0.25) is 5.89 Å². The summed E-state index contributed by atoms with van der Waals surface area (Å²) in [5, 5.41) is 9.68. The van der Waals surface area contributed by atoms with E-state index < -0.39 is 5.60 Å². The summed E-state index contributed by atoms with van der Waals surface area (Å²) in [6, 6.07) is 4.02. The predicted octanol–water partition coefficient (Wildman–Crippen LogP) is 3.54. The molecule has 1 amide bonds. The first-order valence-electron chi connectivity index (χ1n) is 9.81. The second-order valence-electron chi connectivity index (χ2n) is 8.04. The number of oxazole rings is 1. The molecule has 0 radical (unpaired) electrons. The molecule has 0 aliphatic carbocycles. The number of aryl methyl sites for hydroxylation is 2. The van der Waals surface area contributed by atoms with Gasteiger partial charge in [0.05, 0.1) is 23.0 Å². The van der Waals surface area contributed by atoms with Crippen LogP contribution in [0.3, 0.4) is 0 Å². The number of ether oxygens (including phenoxy) is 1. The Labute approximate surface area is 171 Å². The van der Waals surface area contributed by atoms with E-state index in [9.17, 15) is 10.1 Å². The van der Waals surface area contributed by atoms with Gasteiger partial charge in [-0.2, -0.15) is 5.26 Å². The van der Waals surface area contributed by atoms with E-state index in [2.05, 4.69) is 16.0 Å². The first-order chi connectivity index (χ1) is 13.7. The number of piperazine rings is 1. The molecule has 1 fully saturated rings. The number of hydrogen-bond acceptors (Lipinski definition) is 7. The van der Waals surface area contributed by atoms with Gasteiger partial charge < -0.3 is 19.0 Å². The number of amides is 1. The molecule has 8 heteroatoms. The topological polar surface area (TPSA) is 95.5 Å². The summed E-state index contributed by atoms with van der Waals surface area (Å²) in [7, 11) is 0. The van der Waals surface area contributed by atoms with Crippen LogP contribution in [0.2, 0.25) is 0 Å². The van der Waals surface area contributed by atoms with Crippen molar-refractivity contribution in [1.82, 2.24) is 14.9 Å². The molecule has 0 N–H and O–H groups in total. The number of rotatable bonds is 3. The number of nitriles is 1. The maximum atomic E-state index is 12.3. The molecule has 0 spiro atoms. The van der Waals surface area contributed by atoms with Gasteiger partial charge in [0, 0.05) is 32.6 Å². The highest BCUT2D eigenvalue weighted by Gasteiger charge is 2.28. The van der Waals surface area contributed by atoms with E-state index in [1.165, 1.54) is 0 Å². The van der Waals surface area contributed by atoms with E-state index in [0.29, 0.717) is 43.5 Å². The molecule has 3 heterocycles. The summed E-state index contributed by atoms with van der Waals surface area (Å²) in [6.45, 7) is 11.6. The first kappa shape index (κ1) is 20.6. The van der Waals surface area contributed by atoms with Crippen LogP contribution >= 0.6 is 0 Å². The van der Waals surface area contributed by atoms with E-state index in [1.54, 1.807) is 17.2 Å². The number of hydrogen-bond donors (Lipinski definition) is 0. The fraction of sp³-hybridized carbons (Fsp3) is 0.524. The van der Waals surface area contributed by atoms with Crippen molar-refractivity contribution in [1.29, 1.82) is 5.26 Å². The molecule has 0 aromatic carbocycles. The van der Waals surface area contributed by atoms with Crippen molar-refractivity contribution in [2.45, 2.75) is 46.6 Å². The van der Waals surface area contributed by atoms with Crippen molar-refractivity contribution in [2.75, 3.05) is 31.1 Å². The van der Waals surface area contributed by atoms with Crippen molar-refractivity contribution in [2.24, 2.45) is 0 Å². The molecule has 3 rings (SSSR count). The minimum absolute atomic E-state index is 0.312. The lowest BCUT2D eigenvalue weighted by molar-refractivity contribution is 0.0240. The number of nitrogens with zero attached hydrogens (tertiary/aromatic N) is 5. The Morgan fingerprint density at radius 1 is 1.31 bits per heavy atom. The van der Waals surface area contributed by atoms with Crippen molar-refractivity contribution < 1.29 is 13.9 Å². The Hall–Kier alpha value is -3.08. The van der Waals surface area contributed by atoms with Gasteiger partial charge in [0.25, 0.3) is 0 Å². The van der Waals surface area contributed by atoms with Gasteiger partial charge in [-0.15, -0.1) is 0 Å². The molecule has 0 unspecified atom stereocenters. The number of aromatic nitrogens is 2. The highest BCUT2D eigenvalue weighted by atomic mass is 16.6. The number of pyridine rings is 1. The minimum Gasteiger partial charge on any atom is -0.444 e. The summed E-state index contributed by atoms with van der Waals surface area (Å²) in [4.78, 5) is 25.0. The lowest BCUT2D eigenvalue weighted by Crippen LogP contribution is -2.50. The Morgan fingerprint density at radius 3 is 2.55 bits per heavy atom. The molecule has 2 aromatic heterocycles. The van der Waals surface area contributed by atoms with Crippen LogP contribution < -0.4 is 4.90 Å². The third-order valence-corrected chi connectivity index (χ3v) is 4.68. The molecule has 0 saturated carbocycles. The fourth-order valence-electron chi connectivity index (χ4n) is 3.16. The zero-order valence-corrected chi connectivity index (χ0v) is 17.7. The monoisotopic (exact) mass is 397 g/mol. The van der Waals surface area contributed by atoms with Gasteiger partial charge in [-0.1, -0.05) is 6.92 Å². The SMILES string of the molecule is CCc1cnc(-c2cc(C#N)c(N3CCN(C(=O)OC(C)(C)C)CC3)nc2C)o1. The third-order valence-electron chi connectivity index (χ3n) is 4.68. The van der Waals surface area contributed by atoms with E-state index in [0.717, 1.165) is 23.4 Å². The Morgan fingerprint density at radius 2 is 2.00 bits per heavy atom. The van der Waals surface area contributed by atoms with Crippen molar-refractivity contribution in [3.05, 3.63) is 29.3 Å². The van der Waals surface area contributed by atoms with Gasteiger partial charge in [0.15, 0.2) is 0 Å². The summed E-state index contributed by atoms with van der Waals surface area (Å²) in [6.07, 6.45) is 2.14. The molecular weight excluding hydrogens is 370 g/mol.